The maximum Gasteiger partial charge on any atom is 0.133 e. The zero-order chi connectivity index (χ0) is 10.9. The second kappa shape index (κ2) is 3.93. The molecule has 4 nitrogen and oxygen atoms in total. The van der Waals surface area contributed by atoms with Crippen molar-refractivity contribution < 1.29 is 0 Å². The molecule has 1 aromatic heterocycles. The molecule has 0 aromatic carbocycles. The van der Waals surface area contributed by atoms with Crippen LogP contribution in [0.15, 0.2) is 6.33 Å². The van der Waals surface area contributed by atoms with Crippen LogP contribution in [0.2, 0.25) is 0 Å². The Bertz CT molecular complexity index is 320. The van der Waals surface area contributed by atoms with E-state index in [2.05, 4.69) is 28.6 Å². The summed E-state index contributed by atoms with van der Waals surface area (Å²) in [6.07, 6.45) is 6.61. The molecule has 0 amide bonds. The highest BCUT2D eigenvalue weighted by Crippen LogP contribution is 2.42. The lowest BCUT2D eigenvalue weighted by molar-refractivity contribution is 0.139. The maximum absolute atomic E-state index is 5.85. The van der Waals surface area contributed by atoms with Gasteiger partial charge in [-0.2, -0.15) is 0 Å². The summed E-state index contributed by atoms with van der Waals surface area (Å²) >= 11 is 0. The van der Waals surface area contributed by atoms with Gasteiger partial charge in [-0.05, 0) is 38.6 Å². The van der Waals surface area contributed by atoms with Crippen molar-refractivity contribution in [1.82, 2.24) is 14.8 Å². The molecule has 0 spiro atoms. The quantitative estimate of drug-likeness (QED) is 0.816. The van der Waals surface area contributed by atoms with Gasteiger partial charge < -0.3 is 10.3 Å². The summed E-state index contributed by atoms with van der Waals surface area (Å²) in [5.41, 5.74) is 6.17. The zero-order valence-electron chi connectivity index (χ0n) is 9.61. The number of nitrogens with zero attached hydrogens (tertiary/aromatic N) is 3. The van der Waals surface area contributed by atoms with E-state index in [-0.39, 0.29) is 0 Å². The van der Waals surface area contributed by atoms with Gasteiger partial charge in [0.05, 0.1) is 0 Å². The lowest BCUT2D eigenvalue weighted by Gasteiger charge is -2.40. The molecule has 2 rings (SSSR count). The third-order valence-electron chi connectivity index (χ3n) is 3.58. The molecular weight excluding hydrogens is 188 g/mol. The van der Waals surface area contributed by atoms with E-state index in [9.17, 15) is 0 Å². The monoisotopic (exact) mass is 208 g/mol. The summed E-state index contributed by atoms with van der Waals surface area (Å²) in [4.78, 5) is 0. The van der Waals surface area contributed by atoms with Crippen molar-refractivity contribution in [2.75, 3.05) is 6.54 Å². The number of hydrogen-bond donors (Lipinski definition) is 1. The Labute approximate surface area is 90.9 Å². The standard InChI is InChI=1S/C11H20N4/c1-9(2)15-8-13-14-10(15)6-11(7-12)4-3-5-11/h8-9H,3-7,12H2,1-2H3. The number of aromatic nitrogens is 3. The molecule has 0 bridgehead atoms. The van der Waals surface area contributed by atoms with Crippen LogP contribution in [0.4, 0.5) is 0 Å². The van der Waals surface area contributed by atoms with E-state index < -0.39 is 0 Å². The van der Waals surface area contributed by atoms with Crippen molar-refractivity contribution in [1.29, 1.82) is 0 Å². The molecule has 0 atom stereocenters. The molecule has 4 heteroatoms. The Balaban J connectivity index is 2.13. The molecule has 0 unspecified atom stereocenters. The smallest absolute Gasteiger partial charge is 0.133 e. The Kier molecular flexibility index (Phi) is 2.78. The van der Waals surface area contributed by atoms with Crippen molar-refractivity contribution in [2.45, 2.75) is 45.6 Å². The molecule has 1 saturated carbocycles. The second-order valence-electron chi connectivity index (χ2n) is 4.98. The minimum Gasteiger partial charge on any atom is -0.330 e. The average Bonchev–Trinajstić information content (AvgIpc) is 2.59. The third-order valence-corrected chi connectivity index (χ3v) is 3.58. The summed E-state index contributed by atoms with van der Waals surface area (Å²) in [5, 5.41) is 8.20. The van der Waals surface area contributed by atoms with E-state index in [0.29, 0.717) is 11.5 Å². The van der Waals surface area contributed by atoms with Crippen LogP contribution in [-0.4, -0.2) is 21.3 Å². The Morgan fingerprint density at radius 2 is 2.27 bits per heavy atom. The molecule has 0 aliphatic heterocycles. The average molecular weight is 208 g/mol. The molecule has 1 heterocycles. The minimum absolute atomic E-state index is 0.319. The van der Waals surface area contributed by atoms with E-state index in [1.807, 2.05) is 6.33 Å². The zero-order valence-corrected chi connectivity index (χ0v) is 9.61. The van der Waals surface area contributed by atoms with Gasteiger partial charge in [0.25, 0.3) is 0 Å². The molecule has 0 radical (unpaired) electrons. The fourth-order valence-corrected chi connectivity index (χ4v) is 2.29. The molecule has 1 aliphatic carbocycles. The molecule has 1 aliphatic rings. The van der Waals surface area contributed by atoms with E-state index >= 15 is 0 Å². The summed E-state index contributed by atoms with van der Waals surface area (Å²) in [5.74, 6) is 1.09. The highest BCUT2D eigenvalue weighted by Gasteiger charge is 2.37. The topological polar surface area (TPSA) is 56.7 Å². The van der Waals surface area contributed by atoms with Gasteiger partial charge in [-0.15, -0.1) is 10.2 Å². The second-order valence-corrected chi connectivity index (χ2v) is 4.98. The molecule has 1 aromatic rings. The van der Waals surface area contributed by atoms with Gasteiger partial charge in [-0.25, -0.2) is 0 Å². The first-order chi connectivity index (χ1) is 7.17. The van der Waals surface area contributed by atoms with Gasteiger partial charge >= 0.3 is 0 Å². The number of hydrogen-bond acceptors (Lipinski definition) is 3. The highest BCUT2D eigenvalue weighted by molar-refractivity contribution is 5.00. The van der Waals surface area contributed by atoms with Crippen molar-refractivity contribution >= 4 is 0 Å². The fourth-order valence-electron chi connectivity index (χ4n) is 2.29. The van der Waals surface area contributed by atoms with Crippen molar-refractivity contribution in [3.8, 4) is 0 Å². The molecule has 1 fully saturated rings. The van der Waals surface area contributed by atoms with E-state index in [1.54, 1.807) is 0 Å². The normalized spacial score (nSPS) is 19.2. The minimum atomic E-state index is 0.319. The van der Waals surface area contributed by atoms with Gasteiger partial charge in [0.15, 0.2) is 0 Å². The van der Waals surface area contributed by atoms with Crippen LogP contribution in [0.25, 0.3) is 0 Å². The van der Waals surface area contributed by atoms with Crippen LogP contribution < -0.4 is 5.73 Å². The summed E-state index contributed by atoms with van der Waals surface area (Å²) in [6, 6.07) is 0.435. The maximum atomic E-state index is 5.85. The lowest BCUT2D eigenvalue weighted by Crippen LogP contribution is -2.40. The summed E-state index contributed by atoms with van der Waals surface area (Å²) < 4.78 is 2.15. The van der Waals surface area contributed by atoms with Gasteiger partial charge in [0.2, 0.25) is 0 Å². The van der Waals surface area contributed by atoms with Crippen LogP contribution in [-0.2, 0) is 6.42 Å². The Morgan fingerprint density at radius 3 is 2.73 bits per heavy atom. The van der Waals surface area contributed by atoms with E-state index in [0.717, 1.165) is 18.8 Å². The van der Waals surface area contributed by atoms with E-state index in [4.69, 9.17) is 5.73 Å². The Morgan fingerprint density at radius 1 is 1.53 bits per heavy atom. The van der Waals surface area contributed by atoms with Crippen LogP contribution in [0.3, 0.4) is 0 Å². The summed E-state index contributed by atoms with van der Waals surface area (Å²) in [6.45, 7) is 5.09. The number of rotatable bonds is 4. The molecule has 2 N–H and O–H groups in total. The largest absolute Gasteiger partial charge is 0.330 e. The van der Waals surface area contributed by atoms with Crippen molar-refractivity contribution in [3.63, 3.8) is 0 Å². The first kappa shape index (κ1) is 10.6. The Hall–Kier alpha value is -0.900. The molecular formula is C11H20N4. The SMILES string of the molecule is CC(C)n1cnnc1CC1(CN)CCC1. The van der Waals surface area contributed by atoms with Gasteiger partial charge in [0.1, 0.15) is 12.2 Å². The van der Waals surface area contributed by atoms with Gasteiger partial charge in [-0.1, -0.05) is 6.42 Å². The molecule has 84 valence electrons. The van der Waals surface area contributed by atoms with Crippen LogP contribution >= 0.6 is 0 Å². The van der Waals surface area contributed by atoms with Gasteiger partial charge in [-0.3, -0.25) is 0 Å². The molecule has 15 heavy (non-hydrogen) atoms. The van der Waals surface area contributed by atoms with E-state index in [1.165, 1.54) is 19.3 Å². The lowest BCUT2D eigenvalue weighted by atomic mass is 9.66. The van der Waals surface area contributed by atoms with Crippen molar-refractivity contribution in [2.24, 2.45) is 11.1 Å². The van der Waals surface area contributed by atoms with Crippen LogP contribution in [0.5, 0.6) is 0 Å². The fraction of sp³-hybridized carbons (Fsp3) is 0.818. The number of nitrogens with two attached hydrogens (primary N) is 1. The molecule has 0 saturated heterocycles. The first-order valence-corrected chi connectivity index (χ1v) is 5.75. The summed E-state index contributed by atoms with van der Waals surface area (Å²) in [7, 11) is 0. The third kappa shape index (κ3) is 1.91. The van der Waals surface area contributed by atoms with Gasteiger partial charge in [0, 0.05) is 12.5 Å². The van der Waals surface area contributed by atoms with Crippen molar-refractivity contribution in [3.05, 3.63) is 12.2 Å². The van der Waals surface area contributed by atoms with Crippen LogP contribution in [0.1, 0.15) is 45.0 Å². The van der Waals surface area contributed by atoms with Crippen LogP contribution in [0, 0.1) is 5.41 Å². The predicted octanol–water partition coefficient (Wildman–Crippen LogP) is 1.53. The highest BCUT2D eigenvalue weighted by atomic mass is 15.3. The predicted molar refractivity (Wildman–Crippen MR) is 59.4 cm³/mol. The first-order valence-electron chi connectivity index (χ1n) is 5.75.